The molecule has 4 nitrogen and oxygen atoms in total. The number of carbonyl (C=O) groups excluding carboxylic acids is 1. The van der Waals surface area contributed by atoms with Gasteiger partial charge in [0.25, 0.3) is 0 Å². The van der Waals surface area contributed by atoms with Gasteiger partial charge < -0.3 is 15.2 Å². The number of amides is 1. The minimum Gasteiger partial charge on any atom is -0.491 e. The van der Waals surface area contributed by atoms with Crippen LogP contribution < -0.4 is 10.1 Å². The summed E-state index contributed by atoms with van der Waals surface area (Å²) in [7, 11) is 0. The second kappa shape index (κ2) is 7.61. The molecular formula is C15H19ClFNO3. The van der Waals surface area contributed by atoms with E-state index in [0.717, 1.165) is 19.3 Å². The first-order chi connectivity index (χ1) is 10.1. The average Bonchev–Trinajstić information content (AvgIpc) is 2.84. The molecule has 1 aliphatic rings. The second-order valence-electron chi connectivity index (χ2n) is 5.24. The normalized spacial score (nSPS) is 21.3. The van der Waals surface area contributed by atoms with Gasteiger partial charge in [0.1, 0.15) is 11.6 Å². The number of aliphatic hydroxyl groups excluding tert-OH is 1. The van der Waals surface area contributed by atoms with Crippen LogP contribution in [0.2, 0.25) is 5.02 Å². The summed E-state index contributed by atoms with van der Waals surface area (Å²) in [6.07, 6.45) is 2.65. The van der Waals surface area contributed by atoms with E-state index in [1.807, 2.05) is 0 Å². The van der Waals surface area contributed by atoms with Crippen LogP contribution in [0.1, 0.15) is 25.7 Å². The molecule has 0 radical (unpaired) electrons. The zero-order valence-electron chi connectivity index (χ0n) is 11.6. The van der Waals surface area contributed by atoms with Crippen molar-refractivity contribution in [1.29, 1.82) is 0 Å². The number of halogens is 2. The molecule has 0 spiro atoms. The highest BCUT2D eigenvalue weighted by Gasteiger charge is 2.25. The van der Waals surface area contributed by atoms with Gasteiger partial charge in [0.2, 0.25) is 5.91 Å². The minimum atomic E-state index is -0.430. The van der Waals surface area contributed by atoms with Crippen LogP contribution in [0.5, 0.6) is 5.75 Å². The molecule has 116 valence electrons. The summed E-state index contributed by atoms with van der Waals surface area (Å²) < 4.78 is 18.2. The predicted molar refractivity (Wildman–Crippen MR) is 77.9 cm³/mol. The van der Waals surface area contributed by atoms with Crippen LogP contribution in [0, 0.1) is 11.7 Å². The molecule has 1 saturated carbocycles. The van der Waals surface area contributed by atoms with Crippen LogP contribution in [0.3, 0.4) is 0 Å². The molecule has 1 amide bonds. The number of carbonyl (C=O) groups is 1. The molecule has 21 heavy (non-hydrogen) atoms. The third kappa shape index (κ3) is 4.86. The summed E-state index contributed by atoms with van der Waals surface area (Å²) in [5.41, 5.74) is 0. The van der Waals surface area contributed by atoms with Crippen molar-refractivity contribution in [3.8, 4) is 5.75 Å². The van der Waals surface area contributed by atoms with Crippen molar-refractivity contribution in [2.75, 3.05) is 13.2 Å². The molecule has 1 aliphatic carbocycles. The van der Waals surface area contributed by atoms with Gasteiger partial charge in [0.15, 0.2) is 0 Å². The van der Waals surface area contributed by atoms with E-state index in [1.165, 1.54) is 18.2 Å². The molecule has 1 aromatic carbocycles. The number of hydrogen-bond acceptors (Lipinski definition) is 3. The summed E-state index contributed by atoms with van der Waals surface area (Å²) in [4.78, 5) is 11.7. The third-order valence-corrected chi connectivity index (χ3v) is 3.96. The second-order valence-corrected chi connectivity index (χ2v) is 5.64. The summed E-state index contributed by atoms with van der Waals surface area (Å²) in [6, 6.07) is 3.85. The van der Waals surface area contributed by atoms with Crippen molar-refractivity contribution in [2.45, 2.75) is 31.8 Å². The van der Waals surface area contributed by atoms with Gasteiger partial charge in [-0.3, -0.25) is 4.79 Å². The molecule has 1 fully saturated rings. The lowest BCUT2D eigenvalue weighted by atomic mass is 10.1. The van der Waals surface area contributed by atoms with E-state index >= 15 is 0 Å². The lowest BCUT2D eigenvalue weighted by molar-refractivity contribution is -0.121. The molecule has 0 aromatic heterocycles. The van der Waals surface area contributed by atoms with Gasteiger partial charge in [0.05, 0.1) is 24.2 Å². The first-order valence-corrected chi connectivity index (χ1v) is 7.46. The van der Waals surface area contributed by atoms with Crippen molar-refractivity contribution in [1.82, 2.24) is 5.32 Å². The number of aliphatic hydroxyl groups is 1. The molecular weight excluding hydrogens is 297 g/mol. The topological polar surface area (TPSA) is 58.6 Å². The van der Waals surface area contributed by atoms with Crippen LogP contribution >= 0.6 is 11.6 Å². The van der Waals surface area contributed by atoms with Gasteiger partial charge in [0, 0.05) is 12.5 Å². The highest BCUT2D eigenvalue weighted by Crippen LogP contribution is 2.25. The highest BCUT2D eigenvalue weighted by molar-refractivity contribution is 6.32. The van der Waals surface area contributed by atoms with Crippen LogP contribution in [-0.2, 0) is 4.79 Å². The van der Waals surface area contributed by atoms with Crippen LogP contribution in [0.15, 0.2) is 18.2 Å². The summed E-state index contributed by atoms with van der Waals surface area (Å²) in [5.74, 6) is -0.0500. The Morgan fingerprint density at radius 2 is 2.29 bits per heavy atom. The first kappa shape index (κ1) is 16.0. The lowest BCUT2D eigenvalue weighted by Gasteiger charge is -2.15. The highest BCUT2D eigenvalue weighted by atomic mass is 35.5. The molecule has 2 N–H and O–H groups in total. The zero-order chi connectivity index (χ0) is 15.2. The molecule has 0 saturated heterocycles. The molecule has 1 aromatic rings. The minimum absolute atomic E-state index is 0.132. The SMILES string of the molecule is O=C(CCOc1ccc(F)cc1Cl)NCC1CCCC1O. The van der Waals surface area contributed by atoms with Gasteiger partial charge in [-0.1, -0.05) is 18.0 Å². The Balaban J connectivity index is 1.67. The third-order valence-electron chi connectivity index (χ3n) is 3.66. The Morgan fingerprint density at radius 3 is 2.95 bits per heavy atom. The number of rotatable bonds is 6. The van der Waals surface area contributed by atoms with Crippen molar-refractivity contribution in [3.05, 3.63) is 29.0 Å². The van der Waals surface area contributed by atoms with E-state index in [2.05, 4.69) is 5.32 Å². The Morgan fingerprint density at radius 1 is 1.48 bits per heavy atom. The maximum atomic E-state index is 12.9. The van der Waals surface area contributed by atoms with E-state index in [4.69, 9.17) is 16.3 Å². The number of nitrogens with one attached hydrogen (secondary N) is 1. The average molecular weight is 316 g/mol. The Hall–Kier alpha value is -1.33. The maximum absolute atomic E-state index is 12.9. The standard InChI is InChI=1S/C15H19ClFNO3/c16-12-8-11(17)4-5-14(12)21-7-6-15(20)18-9-10-2-1-3-13(10)19/h4-5,8,10,13,19H,1-3,6-7,9H2,(H,18,20). The maximum Gasteiger partial charge on any atom is 0.223 e. The van der Waals surface area contributed by atoms with Crippen LogP contribution in [-0.4, -0.2) is 30.3 Å². The van der Waals surface area contributed by atoms with Gasteiger partial charge in [-0.25, -0.2) is 4.39 Å². The van der Waals surface area contributed by atoms with E-state index in [-0.39, 0.29) is 36.0 Å². The molecule has 2 rings (SSSR count). The largest absolute Gasteiger partial charge is 0.491 e. The lowest BCUT2D eigenvalue weighted by Crippen LogP contribution is -2.33. The fraction of sp³-hybridized carbons (Fsp3) is 0.533. The molecule has 2 atom stereocenters. The fourth-order valence-corrected chi connectivity index (χ4v) is 2.66. The summed E-state index contributed by atoms with van der Waals surface area (Å²) >= 11 is 5.81. The van der Waals surface area contributed by atoms with Gasteiger partial charge in [-0.15, -0.1) is 0 Å². The van der Waals surface area contributed by atoms with Crippen molar-refractivity contribution in [3.63, 3.8) is 0 Å². The fourth-order valence-electron chi connectivity index (χ4n) is 2.43. The molecule has 0 heterocycles. The molecule has 0 bridgehead atoms. The van der Waals surface area contributed by atoms with E-state index in [0.29, 0.717) is 12.3 Å². The Kier molecular flexibility index (Phi) is 5.82. The van der Waals surface area contributed by atoms with E-state index < -0.39 is 5.82 Å². The van der Waals surface area contributed by atoms with Crippen LogP contribution in [0.25, 0.3) is 0 Å². The van der Waals surface area contributed by atoms with E-state index in [9.17, 15) is 14.3 Å². The van der Waals surface area contributed by atoms with Gasteiger partial charge in [-0.2, -0.15) is 0 Å². The number of ether oxygens (including phenoxy) is 1. The summed E-state index contributed by atoms with van der Waals surface area (Å²) in [5, 5.41) is 12.6. The van der Waals surface area contributed by atoms with Crippen molar-refractivity contribution in [2.24, 2.45) is 5.92 Å². The molecule has 6 heteroatoms. The van der Waals surface area contributed by atoms with Crippen molar-refractivity contribution < 1.29 is 19.0 Å². The quantitative estimate of drug-likeness (QED) is 0.848. The number of hydrogen-bond donors (Lipinski definition) is 2. The van der Waals surface area contributed by atoms with E-state index in [1.54, 1.807) is 0 Å². The number of benzene rings is 1. The first-order valence-electron chi connectivity index (χ1n) is 7.09. The molecule has 0 aliphatic heterocycles. The molecule has 2 unspecified atom stereocenters. The Labute approximate surface area is 128 Å². The van der Waals surface area contributed by atoms with Gasteiger partial charge >= 0.3 is 0 Å². The van der Waals surface area contributed by atoms with Gasteiger partial charge in [-0.05, 0) is 31.0 Å². The summed E-state index contributed by atoms with van der Waals surface area (Å²) in [6.45, 7) is 0.668. The zero-order valence-corrected chi connectivity index (χ0v) is 12.4. The monoisotopic (exact) mass is 315 g/mol. The smallest absolute Gasteiger partial charge is 0.223 e. The predicted octanol–water partition coefficient (Wildman–Crippen LogP) is 2.53. The van der Waals surface area contributed by atoms with Crippen molar-refractivity contribution >= 4 is 17.5 Å². The van der Waals surface area contributed by atoms with Crippen LogP contribution in [0.4, 0.5) is 4.39 Å². The Bertz CT molecular complexity index is 498.